The molecule has 0 radical (unpaired) electrons. The molecule has 1 aromatic carbocycles. The topological polar surface area (TPSA) is 88.6 Å². The van der Waals surface area contributed by atoms with E-state index in [1.807, 2.05) is 0 Å². The minimum absolute atomic E-state index is 0.0237. The Morgan fingerprint density at radius 2 is 1.88 bits per heavy atom. The molecule has 130 valence electrons. The van der Waals surface area contributed by atoms with Crippen molar-refractivity contribution >= 4 is 11.6 Å². The monoisotopic (exact) mass is 341 g/mol. The molecule has 3 aliphatic heterocycles. The van der Waals surface area contributed by atoms with E-state index in [0.29, 0.717) is 17.2 Å². The molecule has 7 nitrogen and oxygen atoms in total. The SMILES string of the molecule is O=C(N[C@@H]1CN2CCC1CC2)c1ccc(-c2ccc([N+](=O)[O-])cc2)o1. The summed E-state index contributed by atoms with van der Waals surface area (Å²) in [6.45, 7) is 3.16. The van der Waals surface area contributed by atoms with Gasteiger partial charge in [0.05, 0.1) is 4.92 Å². The van der Waals surface area contributed by atoms with E-state index in [9.17, 15) is 14.9 Å². The molecule has 3 aliphatic rings. The van der Waals surface area contributed by atoms with Crippen molar-refractivity contribution in [1.82, 2.24) is 10.2 Å². The second-order valence-corrected chi connectivity index (χ2v) is 6.69. The zero-order valence-corrected chi connectivity index (χ0v) is 13.7. The Morgan fingerprint density at radius 3 is 2.48 bits per heavy atom. The highest BCUT2D eigenvalue weighted by molar-refractivity contribution is 5.92. The molecule has 5 rings (SSSR count). The van der Waals surface area contributed by atoms with Crippen LogP contribution in [-0.2, 0) is 0 Å². The maximum Gasteiger partial charge on any atom is 0.287 e. The second-order valence-electron chi connectivity index (χ2n) is 6.69. The average molecular weight is 341 g/mol. The minimum Gasteiger partial charge on any atom is -0.451 e. The van der Waals surface area contributed by atoms with Crippen LogP contribution in [-0.4, -0.2) is 41.4 Å². The predicted molar refractivity (Wildman–Crippen MR) is 91.2 cm³/mol. The van der Waals surface area contributed by atoms with Crippen molar-refractivity contribution < 1.29 is 14.1 Å². The normalized spacial score (nSPS) is 24.9. The smallest absolute Gasteiger partial charge is 0.287 e. The molecule has 7 heteroatoms. The van der Waals surface area contributed by atoms with E-state index >= 15 is 0 Å². The fourth-order valence-corrected chi connectivity index (χ4v) is 3.73. The minimum atomic E-state index is -0.446. The summed E-state index contributed by atoms with van der Waals surface area (Å²) in [6.07, 6.45) is 2.27. The van der Waals surface area contributed by atoms with Gasteiger partial charge in [0.15, 0.2) is 5.76 Å². The Kier molecular flexibility index (Phi) is 4.01. The number of furan rings is 1. The van der Waals surface area contributed by atoms with Crippen molar-refractivity contribution in [3.8, 4) is 11.3 Å². The number of nitro groups is 1. The van der Waals surface area contributed by atoms with Gasteiger partial charge in [-0.05, 0) is 56.1 Å². The summed E-state index contributed by atoms with van der Waals surface area (Å²) in [7, 11) is 0. The molecule has 3 saturated heterocycles. The van der Waals surface area contributed by atoms with E-state index in [1.54, 1.807) is 24.3 Å². The standard InChI is InChI=1S/C18H19N3O4/c22-18(19-15-11-20-9-7-12(15)8-10-20)17-6-5-16(25-17)13-1-3-14(4-2-13)21(23)24/h1-6,12,15H,7-11H2,(H,19,22)/t15-/m1/s1. The Morgan fingerprint density at radius 1 is 1.16 bits per heavy atom. The summed E-state index contributed by atoms with van der Waals surface area (Å²) in [5, 5.41) is 13.8. The Balaban J connectivity index is 1.45. The molecule has 2 bridgehead atoms. The first-order valence-electron chi connectivity index (χ1n) is 8.48. The van der Waals surface area contributed by atoms with Crippen LogP contribution in [0.15, 0.2) is 40.8 Å². The second kappa shape index (κ2) is 6.33. The average Bonchev–Trinajstić information content (AvgIpc) is 3.13. The van der Waals surface area contributed by atoms with Crippen LogP contribution in [0.25, 0.3) is 11.3 Å². The van der Waals surface area contributed by atoms with Crippen molar-refractivity contribution in [3.05, 3.63) is 52.3 Å². The molecule has 3 fully saturated rings. The summed E-state index contributed by atoms with van der Waals surface area (Å²) in [6, 6.07) is 9.62. The van der Waals surface area contributed by atoms with Crippen molar-refractivity contribution in [3.63, 3.8) is 0 Å². The third kappa shape index (κ3) is 3.15. The maximum absolute atomic E-state index is 12.5. The van der Waals surface area contributed by atoms with Gasteiger partial charge in [-0.2, -0.15) is 0 Å². The fourth-order valence-electron chi connectivity index (χ4n) is 3.73. The molecular formula is C18H19N3O4. The van der Waals surface area contributed by atoms with Gasteiger partial charge in [0.25, 0.3) is 11.6 Å². The maximum atomic E-state index is 12.5. The quantitative estimate of drug-likeness (QED) is 0.682. The molecule has 4 heterocycles. The van der Waals surface area contributed by atoms with Crippen LogP contribution < -0.4 is 5.32 Å². The number of amides is 1. The number of carbonyl (C=O) groups excluding carboxylic acids is 1. The molecule has 1 N–H and O–H groups in total. The first-order valence-corrected chi connectivity index (χ1v) is 8.48. The third-order valence-corrected chi connectivity index (χ3v) is 5.17. The molecule has 0 aliphatic carbocycles. The summed E-state index contributed by atoms with van der Waals surface area (Å²) < 4.78 is 5.66. The number of non-ortho nitro benzene ring substituents is 1. The number of piperidine rings is 3. The summed E-state index contributed by atoms with van der Waals surface area (Å²) >= 11 is 0. The van der Waals surface area contributed by atoms with Gasteiger partial charge in [0.2, 0.25) is 0 Å². The number of fused-ring (bicyclic) bond motifs is 3. The number of nitrogens with zero attached hydrogens (tertiary/aromatic N) is 2. The van der Waals surface area contributed by atoms with Gasteiger partial charge in [0.1, 0.15) is 5.76 Å². The zero-order valence-electron chi connectivity index (χ0n) is 13.7. The highest BCUT2D eigenvalue weighted by Gasteiger charge is 2.35. The first kappa shape index (κ1) is 15.8. The lowest BCUT2D eigenvalue weighted by molar-refractivity contribution is -0.384. The number of nitro benzene ring substituents is 1. The third-order valence-electron chi connectivity index (χ3n) is 5.17. The predicted octanol–water partition coefficient (Wildman–Crippen LogP) is 2.68. The van der Waals surface area contributed by atoms with Crippen molar-refractivity contribution in [1.29, 1.82) is 0 Å². The Hall–Kier alpha value is -2.67. The number of hydrogen-bond acceptors (Lipinski definition) is 5. The van der Waals surface area contributed by atoms with Gasteiger partial charge < -0.3 is 14.6 Å². The van der Waals surface area contributed by atoms with Crippen LogP contribution in [0, 0.1) is 16.0 Å². The van der Waals surface area contributed by atoms with Crippen LogP contribution >= 0.6 is 0 Å². The summed E-state index contributed by atoms with van der Waals surface area (Å²) in [4.78, 5) is 25.1. The number of hydrogen-bond donors (Lipinski definition) is 1. The van der Waals surface area contributed by atoms with E-state index < -0.39 is 4.92 Å². The Bertz CT molecular complexity index is 791. The van der Waals surface area contributed by atoms with Crippen molar-refractivity contribution in [2.45, 2.75) is 18.9 Å². The number of nitrogens with one attached hydrogen (secondary N) is 1. The van der Waals surface area contributed by atoms with Crippen LogP contribution in [0.1, 0.15) is 23.4 Å². The van der Waals surface area contributed by atoms with Gasteiger partial charge in [-0.15, -0.1) is 0 Å². The highest BCUT2D eigenvalue weighted by atomic mass is 16.6. The fraction of sp³-hybridized carbons (Fsp3) is 0.389. The summed E-state index contributed by atoms with van der Waals surface area (Å²) in [5.74, 6) is 1.14. The lowest BCUT2D eigenvalue weighted by Gasteiger charge is -2.44. The molecular weight excluding hydrogens is 322 g/mol. The van der Waals surface area contributed by atoms with Gasteiger partial charge in [-0.25, -0.2) is 0 Å². The largest absolute Gasteiger partial charge is 0.451 e. The van der Waals surface area contributed by atoms with Gasteiger partial charge >= 0.3 is 0 Å². The molecule has 1 atom stereocenters. The number of rotatable bonds is 4. The van der Waals surface area contributed by atoms with Crippen LogP contribution in [0.4, 0.5) is 5.69 Å². The zero-order chi connectivity index (χ0) is 17.4. The van der Waals surface area contributed by atoms with E-state index in [4.69, 9.17) is 4.42 Å². The number of benzene rings is 1. The van der Waals surface area contributed by atoms with E-state index in [2.05, 4.69) is 10.2 Å². The van der Waals surface area contributed by atoms with Gasteiger partial charge in [-0.3, -0.25) is 14.9 Å². The van der Waals surface area contributed by atoms with E-state index in [0.717, 1.165) is 32.5 Å². The molecule has 25 heavy (non-hydrogen) atoms. The number of carbonyl (C=O) groups is 1. The molecule has 0 spiro atoms. The first-order chi connectivity index (χ1) is 12.1. The van der Waals surface area contributed by atoms with Gasteiger partial charge in [0, 0.05) is 30.3 Å². The van der Waals surface area contributed by atoms with Crippen LogP contribution in [0.2, 0.25) is 0 Å². The lowest BCUT2D eigenvalue weighted by atomic mass is 9.84. The van der Waals surface area contributed by atoms with E-state index in [1.165, 1.54) is 12.1 Å². The van der Waals surface area contributed by atoms with Crippen molar-refractivity contribution in [2.75, 3.05) is 19.6 Å². The Labute approximate surface area is 144 Å². The summed E-state index contributed by atoms with van der Waals surface area (Å²) in [5.41, 5.74) is 0.725. The molecule has 1 aromatic heterocycles. The molecule has 0 saturated carbocycles. The highest BCUT2D eigenvalue weighted by Crippen LogP contribution is 2.28. The lowest BCUT2D eigenvalue weighted by Crippen LogP contribution is -2.57. The molecule has 1 amide bonds. The molecule has 2 aromatic rings. The van der Waals surface area contributed by atoms with Gasteiger partial charge in [-0.1, -0.05) is 0 Å². The molecule has 0 unspecified atom stereocenters. The van der Waals surface area contributed by atoms with Crippen LogP contribution in [0.5, 0.6) is 0 Å². The van der Waals surface area contributed by atoms with E-state index in [-0.39, 0.29) is 23.4 Å². The van der Waals surface area contributed by atoms with Crippen molar-refractivity contribution in [2.24, 2.45) is 5.92 Å². The van der Waals surface area contributed by atoms with Crippen LogP contribution in [0.3, 0.4) is 0 Å².